The van der Waals surface area contributed by atoms with Gasteiger partial charge in [0, 0.05) is 11.6 Å². The molecule has 0 radical (unpaired) electrons. The van der Waals surface area contributed by atoms with Crippen molar-refractivity contribution < 1.29 is 14.6 Å². The first-order chi connectivity index (χ1) is 9.51. The maximum Gasteiger partial charge on any atom is 0.313 e. The third-order valence-corrected chi connectivity index (χ3v) is 4.30. The molecule has 1 heterocycles. The molecule has 1 atom stereocenters. The van der Waals surface area contributed by atoms with Crippen molar-refractivity contribution in [2.75, 3.05) is 12.9 Å². The van der Waals surface area contributed by atoms with Gasteiger partial charge in [0.15, 0.2) is 5.16 Å². The van der Waals surface area contributed by atoms with Crippen molar-refractivity contribution in [2.24, 2.45) is 0 Å². The van der Waals surface area contributed by atoms with Crippen LogP contribution in [0, 0.1) is 0 Å². The number of halogens is 1. The van der Waals surface area contributed by atoms with Crippen molar-refractivity contribution in [1.29, 1.82) is 0 Å². The van der Waals surface area contributed by atoms with Crippen LogP contribution in [0.1, 0.15) is 6.92 Å². The van der Waals surface area contributed by atoms with Crippen molar-refractivity contribution in [2.45, 2.75) is 24.7 Å². The number of fused-ring (bicyclic) bond motifs is 1. The molecule has 2 rings (SSSR count). The third-order valence-electron chi connectivity index (χ3n) is 2.84. The lowest BCUT2D eigenvalue weighted by Gasteiger charge is -2.13. The molecule has 108 valence electrons. The summed E-state index contributed by atoms with van der Waals surface area (Å²) in [4.78, 5) is 15.3. The van der Waals surface area contributed by atoms with Gasteiger partial charge in [0.1, 0.15) is 0 Å². The van der Waals surface area contributed by atoms with Gasteiger partial charge in [-0.2, -0.15) is 0 Å². The zero-order chi connectivity index (χ0) is 14.7. The Balaban J connectivity index is 2.41. The zero-order valence-corrected chi connectivity index (χ0v) is 13.6. The molecule has 0 spiro atoms. The Morgan fingerprint density at radius 2 is 2.35 bits per heavy atom. The summed E-state index contributed by atoms with van der Waals surface area (Å²) in [7, 11) is 1.66. The lowest BCUT2D eigenvalue weighted by atomic mass is 10.3. The number of carbonyl (C=O) groups is 1. The van der Waals surface area contributed by atoms with E-state index in [1.807, 2.05) is 29.7 Å². The van der Waals surface area contributed by atoms with Crippen LogP contribution < -0.4 is 0 Å². The normalized spacial score (nSPS) is 12.8. The van der Waals surface area contributed by atoms with Crippen LogP contribution in [0.25, 0.3) is 11.0 Å². The number of carboxylic acid groups (broad SMARTS) is 1. The van der Waals surface area contributed by atoms with E-state index in [1.165, 1.54) is 11.8 Å². The second kappa shape index (κ2) is 6.60. The van der Waals surface area contributed by atoms with Gasteiger partial charge in [-0.1, -0.05) is 27.7 Å². The molecule has 1 aromatic heterocycles. The van der Waals surface area contributed by atoms with E-state index in [0.717, 1.165) is 15.5 Å². The molecule has 0 saturated heterocycles. The van der Waals surface area contributed by atoms with Crippen LogP contribution in [0.3, 0.4) is 0 Å². The maximum absolute atomic E-state index is 10.7. The van der Waals surface area contributed by atoms with E-state index < -0.39 is 5.97 Å². The number of aromatic nitrogens is 2. The Kier molecular flexibility index (Phi) is 5.06. The fourth-order valence-corrected chi connectivity index (χ4v) is 2.92. The second-order valence-corrected chi connectivity index (χ2v) is 6.22. The average molecular weight is 359 g/mol. The van der Waals surface area contributed by atoms with Gasteiger partial charge in [0.25, 0.3) is 0 Å². The largest absolute Gasteiger partial charge is 0.481 e. The number of methoxy groups -OCH3 is 1. The summed E-state index contributed by atoms with van der Waals surface area (Å²) in [6.07, 6.45) is 0.0280. The number of ether oxygens (including phenoxy) is 1. The maximum atomic E-state index is 10.7. The van der Waals surface area contributed by atoms with Gasteiger partial charge < -0.3 is 14.4 Å². The van der Waals surface area contributed by atoms with Gasteiger partial charge >= 0.3 is 5.97 Å². The van der Waals surface area contributed by atoms with E-state index >= 15 is 0 Å². The minimum absolute atomic E-state index is 0.00808. The van der Waals surface area contributed by atoms with Crippen LogP contribution in [0.4, 0.5) is 0 Å². The molecule has 0 saturated carbocycles. The number of hydrogen-bond donors (Lipinski definition) is 1. The first kappa shape index (κ1) is 15.3. The molecule has 1 aromatic carbocycles. The van der Waals surface area contributed by atoms with E-state index in [1.54, 1.807) is 7.11 Å². The smallest absolute Gasteiger partial charge is 0.313 e. The van der Waals surface area contributed by atoms with Crippen LogP contribution in [0.2, 0.25) is 0 Å². The topological polar surface area (TPSA) is 64.3 Å². The lowest BCUT2D eigenvalue weighted by Crippen LogP contribution is -2.15. The van der Waals surface area contributed by atoms with Crippen molar-refractivity contribution in [3.8, 4) is 0 Å². The molecule has 0 aliphatic carbocycles. The summed E-state index contributed by atoms with van der Waals surface area (Å²) in [6, 6.07) is 5.84. The Hall–Kier alpha value is -1.05. The van der Waals surface area contributed by atoms with Gasteiger partial charge in [0.2, 0.25) is 0 Å². The predicted molar refractivity (Wildman–Crippen MR) is 82.3 cm³/mol. The first-order valence-corrected chi connectivity index (χ1v) is 7.82. The first-order valence-electron chi connectivity index (χ1n) is 6.04. The Labute approximate surface area is 129 Å². The molecule has 0 amide bonds. The number of thioether (sulfide) groups is 1. The fourth-order valence-electron chi connectivity index (χ4n) is 1.83. The molecular weight excluding hydrogens is 344 g/mol. The van der Waals surface area contributed by atoms with Gasteiger partial charge in [-0.3, -0.25) is 4.79 Å². The highest BCUT2D eigenvalue weighted by Gasteiger charge is 2.15. The number of hydrogen-bond acceptors (Lipinski definition) is 4. The summed E-state index contributed by atoms with van der Waals surface area (Å²) in [5.41, 5.74) is 1.82. The molecular formula is C13H15BrN2O3S. The summed E-state index contributed by atoms with van der Waals surface area (Å²) >= 11 is 4.64. The Bertz CT molecular complexity index is 629. The highest BCUT2D eigenvalue weighted by atomic mass is 79.9. The third kappa shape index (κ3) is 3.53. The molecule has 0 bridgehead atoms. The monoisotopic (exact) mass is 358 g/mol. The highest BCUT2D eigenvalue weighted by molar-refractivity contribution is 9.10. The lowest BCUT2D eigenvalue weighted by molar-refractivity contribution is -0.133. The number of nitrogens with zero attached hydrogens (tertiary/aromatic N) is 2. The van der Waals surface area contributed by atoms with Crippen molar-refractivity contribution in [3.05, 3.63) is 22.7 Å². The van der Waals surface area contributed by atoms with Gasteiger partial charge in [0.05, 0.1) is 29.4 Å². The summed E-state index contributed by atoms with van der Waals surface area (Å²) in [6.45, 7) is 2.60. The van der Waals surface area contributed by atoms with E-state index in [4.69, 9.17) is 9.84 Å². The minimum atomic E-state index is -0.852. The highest BCUT2D eigenvalue weighted by Crippen LogP contribution is 2.26. The molecule has 0 aliphatic heterocycles. The molecule has 2 aromatic rings. The average Bonchev–Trinajstić information content (AvgIpc) is 2.73. The van der Waals surface area contributed by atoms with E-state index in [0.29, 0.717) is 11.7 Å². The Morgan fingerprint density at radius 1 is 1.60 bits per heavy atom. The van der Waals surface area contributed by atoms with Crippen LogP contribution in [0.15, 0.2) is 27.8 Å². The summed E-state index contributed by atoms with van der Waals surface area (Å²) < 4.78 is 8.25. The zero-order valence-electron chi connectivity index (χ0n) is 11.2. The number of benzene rings is 1. The van der Waals surface area contributed by atoms with Gasteiger partial charge in [-0.15, -0.1) is 0 Å². The van der Waals surface area contributed by atoms with Crippen molar-refractivity contribution in [3.63, 3.8) is 0 Å². The quantitative estimate of drug-likeness (QED) is 0.804. The summed E-state index contributed by atoms with van der Waals surface area (Å²) in [5, 5.41) is 9.52. The molecule has 1 N–H and O–H groups in total. The van der Waals surface area contributed by atoms with E-state index in [2.05, 4.69) is 20.9 Å². The van der Waals surface area contributed by atoms with Gasteiger partial charge in [-0.05, 0) is 25.1 Å². The van der Waals surface area contributed by atoms with E-state index in [-0.39, 0.29) is 11.9 Å². The van der Waals surface area contributed by atoms with E-state index in [9.17, 15) is 4.79 Å². The van der Waals surface area contributed by atoms with Crippen LogP contribution in [-0.2, 0) is 16.1 Å². The van der Waals surface area contributed by atoms with Gasteiger partial charge in [-0.25, -0.2) is 4.98 Å². The molecule has 0 fully saturated rings. The minimum Gasteiger partial charge on any atom is -0.481 e. The molecule has 0 aliphatic rings. The van der Waals surface area contributed by atoms with Crippen LogP contribution >= 0.6 is 27.7 Å². The number of imidazole rings is 1. The van der Waals surface area contributed by atoms with Crippen molar-refractivity contribution >= 4 is 44.7 Å². The molecule has 7 heteroatoms. The second-order valence-electron chi connectivity index (χ2n) is 4.37. The standard InChI is InChI=1S/C13H15BrN2O3S/c1-8(19-2)6-16-11-4-3-9(14)5-10(11)15-13(16)20-7-12(17)18/h3-5,8H,6-7H2,1-2H3,(H,17,18). The molecule has 5 nitrogen and oxygen atoms in total. The number of rotatable bonds is 6. The number of aliphatic carboxylic acids is 1. The molecule has 20 heavy (non-hydrogen) atoms. The van der Waals surface area contributed by atoms with Crippen LogP contribution in [-0.4, -0.2) is 39.6 Å². The number of carboxylic acids is 1. The fraction of sp³-hybridized carbons (Fsp3) is 0.385. The SMILES string of the molecule is COC(C)Cn1c(SCC(=O)O)nc2cc(Br)ccc21. The predicted octanol–water partition coefficient (Wildman–Crippen LogP) is 3.01. The van der Waals surface area contributed by atoms with Crippen LogP contribution in [0.5, 0.6) is 0 Å². The summed E-state index contributed by atoms with van der Waals surface area (Å²) in [5.74, 6) is -0.860. The Morgan fingerprint density at radius 3 is 3.00 bits per heavy atom. The molecule has 1 unspecified atom stereocenters. The van der Waals surface area contributed by atoms with Crippen molar-refractivity contribution in [1.82, 2.24) is 9.55 Å².